The lowest BCUT2D eigenvalue weighted by Crippen LogP contribution is -2.14. The number of aromatic nitrogens is 2. The predicted molar refractivity (Wildman–Crippen MR) is 82.4 cm³/mol. The monoisotopic (exact) mass is 390 g/mol. The molecule has 0 saturated heterocycles. The Bertz CT molecular complexity index is 627. The van der Waals surface area contributed by atoms with Crippen LogP contribution in [0.4, 0.5) is 0 Å². The highest BCUT2D eigenvalue weighted by Gasteiger charge is 2.14. The van der Waals surface area contributed by atoms with Gasteiger partial charge in [-0.2, -0.15) is 0 Å². The number of nitrogens with one attached hydrogen (secondary N) is 1. The van der Waals surface area contributed by atoms with Crippen LogP contribution in [0.15, 0.2) is 19.8 Å². The van der Waals surface area contributed by atoms with Crippen LogP contribution in [0.3, 0.4) is 0 Å². The number of hydrogen-bond donors (Lipinski definition) is 1. The molecule has 0 aromatic carbocycles. The molecular weight excluding hydrogens is 380 g/mol. The molecule has 18 heavy (non-hydrogen) atoms. The van der Waals surface area contributed by atoms with Gasteiger partial charge in [-0.25, -0.2) is 4.98 Å². The molecule has 1 N–H and O–H groups in total. The van der Waals surface area contributed by atoms with Crippen LogP contribution in [-0.4, -0.2) is 9.97 Å². The fraction of sp³-hybridized carbons (Fsp3) is 0.333. The molecule has 96 valence electrons. The summed E-state index contributed by atoms with van der Waals surface area (Å²) >= 11 is 8.38. The van der Waals surface area contributed by atoms with Crippen molar-refractivity contribution in [3.05, 3.63) is 35.9 Å². The Morgan fingerprint density at radius 2 is 2.06 bits per heavy atom. The van der Waals surface area contributed by atoms with Crippen molar-refractivity contribution in [3.8, 4) is 10.7 Å². The third-order valence-electron chi connectivity index (χ3n) is 2.53. The van der Waals surface area contributed by atoms with Gasteiger partial charge in [0.05, 0.1) is 10.6 Å². The van der Waals surface area contributed by atoms with Crippen molar-refractivity contribution in [1.82, 2.24) is 9.97 Å². The molecule has 0 fully saturated rings. The maximum Gasteiger partial charge on any atom is 0.265 e. The molecule has 6 heteroatoms. The van der Waals surface area contributed by atoms with Gasteiger partial charge in [-0.1, -0.05) is 13.8 Å². The van der Waals surface area contributed by atoms with E-state index in [1.807, 2.05) is 26.8 Å². The summed E-state index contributed by atoms with van der Waals surface area (Å²) in [5, 5.41) is 0. The summed E-state index contributed by atoms with van der Waals surface area (Å²) < 4.78 is 1.56. The molecule has 0 aliphatic carbocycles. The first-order chi connectivity index (χ1) is 8.40. The zero-order valence-electron chi connectivity index (χ0n) is 10.2. The van der Waals surface area contributed by atoms with Gasteiger partial charge < -0.3 is 4.98 Å². The van der Waals surface area contributed by atoms with Gasteiger partial charge in [0.2, 0.25) is 0 Å². The summed E-state index contributed by atoms with van der Waals surface area (Å²) in [6, 6.07) is 1.98. The van der Waals surface area contributed by atoms with Gasteiger partial charge in [-0.05, 0) is 50.8 Å². The summed E-state index contributed by atoms with van der Waals surface area (Å²) in [5.41, 5.74) is 0.654. The van der Waals surface area contributed by atoms with E-state index in [2.05, 4.69) is 41.8 Å². The predicted octanol–water partition coefficient (Wildman–Crippen LogP) is 4.46. The Morgan fingerprint density at radius 1 is 1.39 bits per heavy atom. The smallest absolute Gasteiger partial charge is 0.265 e. The summed E-state index contributed by atoms with van der Waals surface area (Å²) in [4.78, 5) is 21.4. The normalized spacial score (nSPS) is 11.2. The Kier molecular flexibility index (Phi) is 4.08. The van der Waals surface area contributed by atoms with E-state index in [1.165, 1.54) is 4.88 Å². The third-order valence-corrected chi connectivity index (χ3v) is 5.44. The molecule has 0 aliphatic rings. The van der Waals surface area contributed by atoms with Crippen molar-refractivity contribution in [2.45, 2.75) is 26.7 Å². The van der Waals surface area contributed by atoms with Crippen molar-refractivity contribution in [3.63, 3.8) is 0 Å². The average molecular weight is 392 g/mol. The second-order valence-corrected chi connectivity index (χ2v) is 7.19. The van der Waals surface area contributed by atoms with Crippen molar-refractivity contribution < 1.29 is 0 Å². The summed E-state index contributed by atoms with van der Waals surface area (Å²) in [6.07, 6.45) is 0. The van der Waals surface area contributed by atoms with Crippen molar-refractivity contribution in [1.29, 1.82) is 0 Å². The molecule has 0 radical (unpaired) electrons. The number of halogens is 2. The molecular formula is C12H12Br2N2OS. The van der Waals surface area contributed by atoms with E-state index in [1.54, 1.807) is 11.3 Å². The molecule has 3 nitrogen and oxygen atoms in total. The number of thiophene rings is 1. The highest BCUT2D eigenvalue weighted by molar-refractivity contribution is 9.10. The third kappa shape index (κ3) is 2.60. The van der Waals surface area contributed by atoms with Crippen molar-refractivity contribution >= 4 is 43.2 Å². The fourth-order valence-corrected chi connectivity index (χ4v) is 3.68. The first-order valence-electron chi connectivity index (χ1n) is 5.46. The molecule has 0 atom stereocenters. The summed E-state index contributed by atoms with van der Waals surface area (Å²) in [7, 11) is 0. The number of nitrogens with zero attached hydrogens (tertiary/aromatic N) is 1. The standard InChI is InChI=1S/C12H12Br2N2OS/c1-5(2)10-9(14)12(17)16-11(15-10)8-4-7(13)6(3)18-8/h4-5H,1-3H3,(H,15,16,17). The van der Waals surface area contributed by atoms with Gasteiger partial charge >= 0.3 is 0 Å². The Balaban J connectivity index is 2.62. The van der Waals surface area contributed by atoms with Crippen molar-refractivity contribution in [2.75, 3.05) is 0 Å². The highest BCUT2D eigenvalue weighted by Crippen LogP contribution is 2.32. The highest BCUT2D eigenvalue weighted by atomic mass is 79.9. The van der Waals surface area contributed by atoms with Gasteiger partial charge in [0.1, 0.15) is 4.47 Å². The molecule has 0 saturated carbocycles. The van der Waals surface area contributed by atoms with Crippen LogP contribution in [0, 0.1) is 6.92 Å². The van der Waals surface area contributed by atoms with E-state index in [9.17, 15) is 4.79 Å². The first kappa shape index (κ1) is 14.0. The minimum atomic E-state index is -0.133. The topological polar surface area (TPSA) is 45.8 Å². The van der Waals surface area contributed by atoms with Crippen LogP contribution in [0.5, 0.6) is 0 Å². The lowest BCUT2D eigenvalue weighted by Gasteiger charge is -2.08. The van der Waals surface area contributed by atoms with E-state index in [-0.39, 0.29) is 11.5 Å². The van der Waals surface area contributed by atoms with Crippen LogP contribution < -0.4 is 5.56 Å². The van der Waals surface area contributed by atoms with Crippen LogP contribution in [0.25, 0.3) is 10.7 Å². The Labute approximate surface area is 126 Å². The largest absolute Gasteiger partial charge is 0.305 e. The molecule has 2 aromatic rings. The van der Waals surface area contributed by atoms with Gasteiger partial charge in [0, 0.05) is 9.35 Å². The lowest BCUT2D eigenvalue weighted by atomic mass is 10.1. The van der Waals surface area contributed by atoms with E-state index >= 15 is 0 Å². The van der Waals surface area contributed by atoms with Gasteiger partial charge in [-0.15, -0.1) is 11.3 Å². The molecule has 0 aliphatic heterocycles. The molecule has 2 rings (SSSR count). The van der Waals surface area contributed by atoms with E-state index in [0.29, 0.717) is 10.3 Å². The summed E-state index contributed by atoms with van der Waals surface area (Å²) in [5.74, 6) is 0.829. The molecule has 0 bridgehead atoms. The minimum Gasteiger partial charge on any atom is -0.305 e. The Morgan fingerprint density at radius 3 is 2.56 bits per heavy atom. The summed E-state index contributed by atoms with van der Waals surface area (Å²) in [6.45, 7) is 6.07. The maximum atomic E-state index is 11.9. The lowest BCUT2D eigenvalue weighted by molar-refractivity contribution is 0.804. The van der Waals surface area contributed by atoms with E-state index in [0.717, 1.165) is 15.0 Å². The first-order valence-corrected chi connectivity index (χ1v) is 7.86. The fourth-order valence-electron chi connectivity index (χ4n) is 1.55. The van der Waals surface area contributed by atoms with Crippen LogP contribution >= 0.6 is 43.2 Å². The average Bonchev–Trinajstić information content (AvgIpc) is 2.62. The SMILES string of the molecule is Cc1sc(-c2nc(C(C)C)c(Br)c(=O)[nH]2)cc1Br. The van der Waals surface area contributed by atoms with Crippen LogP contribution in [0.2, 0.25) is 0 Å². The number of rotatable bonds is 2. The zero-order valence-corrected chi connectivity index (χ0v) is 14.2. The second kappa shape index (κ2) is 5.27. The number of hydrogen-bond acceptors (Lipinski definition) is 3. The molecule has 0 unspecified atom stereocenters. The second-order valence-electron chi connectivity index (χ2n) is 4.28. The zero-order chi connectivity index (χ0) is 13.4. The van der Waals surface area contributed by atoms with E-state index < -0.39 is 0 Å². The van der Waals surface area contributed by atoms with Gasteiger partial charge in [0.25, 0.3) is 5.56 Å². The molecule has 2 heterocycles. The maximum absolute atomic E-state index is 11.9. The molecule has 2 aromatic heterocycles. The van der Waals surface area contributed by atoms with Crippen LogP contribution in [0.1, 0.15) is 30.3 Å². The number of H-pyrrole nitrogens is 1. The van der Waals surface area contributed by atoms with E-state index in [4.69, 9.17) is 0 Å². The Hall–Kier alpha value is -0.460. The molecule has 0 amide bonds. The quantitative estimate of drug-likeness (QED) is 0.821. The van der Waals surface area contributed by atoms with Gasteiger partial charge in [-0.3, -0.25) is 4.79 Å². The van der Waals surface area contributed by atoms with Gasteiger partial charge in [0.15, 0.2) is 5.82 Å². The van der Waals surface area contributed by atoms with Crippen LogP contribution in [-0.2, 0) is 0 Å². The number of aromatic amines is 1. The minimum absolute atomic E-state index is 0.133. The number of aryl methyl sites for hydroxylation is 1. The van der Waals surface area contributed by atoms with Crippen molar-refractivity contribution in [2.24, 2.45) is 0 Å². The molecule has 0 spiro atoms.